The summed E-state index contributed by atoms with van der Waals surface area (Å²) in [7, 11) is 0. The second-order valence-corrected chi connectivity index (χ2v) is 8.67. The van der Waals surface area contributed by atoms with Crippen LogP contribution in [0.25, 0.3) is 0 Å². The topological polar surface area (TPSA) is 61.2 Å². The number of β-amino-alcohol motifs (C(OH)–C–C–N with tert-alkyl or cyclic N) is 1. The summed E-state index contributed by atoms with van der Waals surface area (Å²) in [4.78, 5) is 14.3. The predicted molar refractivity (Wildman–Crippen MR) is 131 cm³/mol. The number of anilines is 1. The van der Waals surface area contributed by atoms with Crippen LogP contribution in [-0.4, -0.2) is 66.1 Å². The molecule has 0 saturated carbocycles. The van der Waals surface area contributed by atoms with Gasteiger partial charge in [-0.15, -0.1) is 0 Å². The van der Waals surface area contributed by atoms with Crippen LogP contribution in [0.5, 0.6) is 0 Å². The predicted octanol–water partition coefficient (Wildman–Crippen LogP) is 3.80. The molecule has 7 heteroatoms. The molecule has 2 aromatic carbocycles. The van der Waals surface area contributed by atoms with Crippen LogP contribution in [0.15, 0.2) is 88.8 Å². The van der Waals surface area contributed by atoms with Crippen molar-refractivity contribution in [2.75, 3.05) is 44.2 Å². The van der Waals surface area contributed by atoms with Gasteiger partial charge in [-0.1, -0.05) is 51.4 Å². The standard InChI is InChI=1S/C25H27BrN4O2/c26-22-8-6-20(7-9-22)25(21-10-12-27-13-11-21)28-32-19-24(31)18-29-14-16-30(17-15-29)23-4-2-1-3-5-23/h1-13,24,31H,14-19H2/t24-/m0/s1. The molecule has 0 amide bonds. The summed E-state index contributed by atoms with van der Waals surface area (Å²) >= 11 is 3.46. The fourth-order valence-corrected chi connectivity index (χ4v) is 4.02. The van der Waals surface area contributed by atoms with Crippen molar-refractivity contribution < 1.29 is 9.94 Å². The smallest absolute Gasteiger partial charge is 0.144 e. The molecule has 3 aromatic rings. The van der Waals surface area contributed by atoms with Gasteiger partial charge in [0.15, 0.2) is 0 Å². The zero-order chi connectivity index (χ0) is 22.2. The van der Waals surface area contributed by atoms with E-state index in [1.54, 1.807) is 12.4 Å². The van der Waals surface area contributed by atoms with Crippen LogP contribution in [0.2, 0.25) is 0 Å². The van der Waals surface area contributed by atoms with Gasteiger partial charge in [0.1, 0.15) is 18.4 Å². The Kier molecular flexibility index (Phi) is 7.87. The summed E-state index contributed by atoms with van der Waals surface area (Å²) in [6, 6.07) is 22.1. The molecule has 6 nitrogen and oxygen atoms in total. The first-order chi connectivity index (χ1) is 15.7. The minimum atomic E-state index is -0.606. The molecule has 1 aliphatic rings. The van der Waals surface area contributed by atoms with Gasteiger partial charge in [-0.2, -0.15) is 0 Å². The van der Waals surface area contributed by atoms with E-state index < -0.39 is 6.10 Å². The highest BCUT2D eigenvalue weighted by molar-refractivity contribution is 9.10. The Morgan fingerprint density at radius 2 is 1.59 bits per heavy atom. The van der Waals surface area contributed by atoms with E-state index in [1.807, 2.05) is 42.5 Å². The van der Waals surface area contributed by atoms with Crippen LogP contribution >= 0.6 is 15.9 Å². The Morgan fingerprint density at radius 1 is 0.938 bits per heavy atom. The van der Waals surface area contributed by atoms with Crippen molar-refractivity contribution in [3.63, 3.8) is 0 Å². The van der Waals surface area contributed by atoms with E-state index in [0.29, 0.717) is 12.3 Å². The third-order valence-corrected chi connectivity index (χ3v) is 5.99. The molecule has 0 bridgehead atoms. The van der Waals surface area contributed by atoms with Gasteiger partial charge in [-0.25, -0.2) is 0 Å². The monoisotopic (exact) mass is 494 g/mol. The van der Waals surface area contributed by atoms with Crippen molar-refractivity contribution in [2.24, 2.45) is 5.16 Å². The van der Waals surface area contributed by atoms with Gasteiger partial charge in [0.2, 0.25) is 0 Å². The van der Waals surface area contributed by atoms with Crippen molar-refractivity contribution >= 4 is 27.3 Å². The van der Waals surface area contributed by atoms with Gasteiger partial charge in [0, 0.05) is 66.4 Å². The fraction of sp³-hybridized carbons (Fsp3) is 0.280. The summed E-state index contributed by atoms with van der Waals surface area (Å²) in [5.74, 6) is 0. The number of aromatic nitrogens is 1. The SMILES string of the molecule is O[C@H](CON=C(c1ccncc1)c1ccc(Br)cc1)CN1CCN(c2ccccc2)CC1. The van der Waals surface area contributed by atoms with Crippen LogP contribution in [-0.2, 0) is 4.84 Å². The molecule has 1 aliphatic heterocycles. The molecular weight excluding hydrogens is 468 g/mol. The number of aliphatic hydroxyl groups is 1. The van der Waals surface area contributed by atoms with Crippen LogP contribution in [0.3, 0.4) is 0 Å². The number of rotatable bonds is 8. The number of aliphatic hydroxyl groups excluding tert-OH is 1. The molecule has 1 saturated heterocycles. The highest BCUT2D eigenvalue weighted by Crippen LogP contribution is 2.17. The van der Waals surface area contributed by atoms with Crippen molar-refractivity contribution in [2.45, 2.75) is 6.10 Å². The second-order valence-electron chi connectivity index (χ2n) is 7.76. The molecule has 166 valence electrons. The quantitative estimate of drug-likeness (QED) is 0.381. The highest BCUT2D eigenvalue weighted by atomic mass is 79.9. The number of hydrogen-bond acceptors (Lipinski definition) is 6. The Hall–Kier alpha value is -2.74. The number of hydrogen-bond donors (Lipinski definition) is 1. The maximum atomic E-state index is 10.5. The molecule has 1 N–H and O–H groups in total. The lowest BCUT2D eigenvalue weighted by Gasteiger charge is -2.36. The fourth-order valence-electron chi connectivity index (χ4n) is 3.76. The zero-order valence-electron chi connectivity index (χ0n) is 17.8. The van der Waals surface area contributed by atoms with Crippen LogP contribution < -0.4 is 4.90 Å². The van der Waals surface area contributed by atoms with Crippen LogP contribution in [0.4, 0.5) is 5.69 Å². The maximum absolute atomic E-state index is 10.5. The molecule has 4 rings (SSSR count). The summed E-state index contributed by atoms with van der Waals surface area (Å²) in [6.45, 7) is 4.44. The van der Waals surface area contributed by atoms with Crippen molar-refractivity contribution in [1.29, 1.82) is 0 Å². The van der Waals surface area contributed by atoms with Crippen molar-refractivity contribution in [3.8, 4) is 0 Å². The lowest BCUT2D eigenvalue weighted by atomic mass is 10.0. The normalized spacial score (nSPS) is 16.1. The summed E-state index contributed by atoms with van der Waals surface area (Å²) in [6.07, 6.45) is 2.85. The van der Waals surface area contributed by atoms with E-state index in [4.69, 9.17) is 4.84 Å². The molecule has 0 unspecified atom stereocenters. The van der Waals surface area contributed by atoms with Crippen molar-refractivity contribution in [1.82, 2.24) is 9.88 Å². The Balaban J connectivity index is 1.31. The average Bonchev–Trinajstić information content (AvgIpc) is 2.84. The van der Waals surface area contributed by atoms with E-state index >= 15 is 0 Å². The van der Waals surface area contributed by atoms with E-state index in [0.717, 1.165) is 41.8 Å². The van der Waals surface area contributed by atoms with Crippen molar-refractivity contribution in [3.05, 3.63) is 94.7 Å². The maximum Gasteiger partial charge on any atom is 0.144 e. The van der Waals surface area contributed by atoms with E-state index in [-0.39, 0.29) is 6.61 Å². The molecule has 2 heterocycles. The Morgan fingerprint density at radius 3 is 2.28 bits per heavy atom. The second kappa shape index (κ2) is 11.2. The first-order valence-corrected chi connectivity index (χ1v) is 11.5. The number of oxime groups is 1. The van der Waals surface area contributed by atoms with E-state index in [9.17, 15) is 5.11 Å². The number of benzene rings is 2. The summed E-state index contributed by atoms with van der Waals surface area (Å²) < 4.78 is 0.999. The van der Waals surface area contributed by atoms with Crippen LogP contribution in [0.1, 0.15) is 11.1 Å². The molecular formula is C25H27BrN4O2. The highest BCUT2D eigenvalue weighted by Gasteiger charge is 2.20. The lowest BCUT2D eigenvalue weighted by molar-refractivity contribution is 0.0182. The van der Waals surface area contributed by atoms with Gasteiger partial charge < -0.3 is 14.8 Å². The third kappa shape index (κ3) is 6.16. The number of nitrogens with zero attached hydrogens (tertiary/aromatic N) is 4. The van der Waals surface area contributed by atoms with E-state index in [1.165, 1.54) is 5.69 Å². The molecule has 32 heavy (non-hydrogen) atoms. The minimum Gasteiger partial charge on any atom is -0.392 e. The Bertz CT molecular complexity index is 991. The van der Waals surface area contributed by atoms with Gasteiger partial charge >= 0.3 is 0 Å². The molecule has 1 fully saturated rings. The molecule has 1 aromatic heterocycles. The average molecular weight is 495 g/mol. The first-order valence-electron chi connectivity index (χ1n) is 10.8. The van der Waals surface area contributed by atoms with Gasteiger partial charge in [0.05, 0.1) is 0 Å². The van der Waals surface area contributed by atoms with Gasteiger partial charge in [-0.05, 0) is 36.4 Å². The first kappa shape index (κ1) is 22.5. The van der Waals surface area contributed by atoms with Gasteiger partial charge in [-0.3, -0.25) is 9.88 Å². The number of piperazine rings is 1. The largest absolute Gasteiger partial charge is 0.392 e. The summed E-state index contributed by atoms with van der Waals surface area (Å²) in [5.41, 5.74) is 3.81. The van der Waals surface area contributed by atoms with Gasteiger partial charge in [0.25, 0.3) is 0 Å². The molecule has 1 atom stereocenters. The third-order valence-electron chi connectivity index (χ3n) is 5.46. The number of halogens is 1. The molecule has 0 aliphatic carbocycles. The van der Waals surface area contributed by atoms with E-state index in [2.05, 4.69) is 60.1 Å². The molecule has 0 radical (unpaired) electrons. The summed E-state index contributed by atoms with van der Waals surface area (Å²) in [5, 5.41) is 14.9. The number of para-hydroxylation sites is 1. The minimum absolute atomic E-state index is 0.143. The molecule has 0 spiro atoms. The zero-order valence-corrected chi connectivity index (χ0v) is 19.4. The van der Waals surface area contributed by atoms with Crippen LogP contribution in [0, 0.1) is 0 Å². The number of pyridine rings is 1. The lowest BCUT2D eigenvalue weighted by Crippen LogP contribution is -2.49. The Labute approximate surface area is 197 Å².